The first kappa shape index (κ1) is 22.0. The van der Waals surface area contributed by atoms with E-state index in [0.29, 0.717) is 6.04 Å². The van der Waals surface area contributed by atoms with E-state index in [4.69, 9.17) is 0 Å². The number of piperidine rings is 1. The van der Waals surface area contributed by atoms with E-state index in [9.17, 15) is 4.79 Å². The van der Waals surface area contributed by atoms with Gasteiger partial charge in [0.25, 0.3) is 5.91 Å². The molecule has 1 aromatic rings. The van der Waals surface area contributed by atoms with Gasteiger partial charge in [-0.2, -0.15) is 0 Å². The Kier molecular flexibility index (Phi) is 10.3. The smallest absolute Gasteiger partial charge is 0.253 e. The van der Waals surface area contributed by atoms with E-state index in [1.165, 1.54) is 0 Å². The zero-order valence-corrected chi connectivity index (χ0v) is 15.9. The molecular weight excluding hydrogens is 333 g/mol. The van der Waals surface area contributed by atoms with E-state index in [-0.39, 0.29) is 30.7 Å². The van der Waals surface area contributed by atoms with Crippen LogP contribution >= 0.6 is 24.8 Å². The van der Waals surface area contributed by atoms with Crippen LogP contribution in [0.1, 0.15) is 36.5 Å². The molecule has 0 bridgehead atoms. The Hall–Kier alpha value is -0.970. The maximum Gasteiger partial charge on any atom is 0.253 e. The number of anilines is 1. The van der Waals surface area contributed by atoms with Crippen LogP contribution in [0.4, 0.5) is 5.69 Å². The van der Waals surface area contributed by atoms with Crippen molar-refractivity contribution in [3.8, 4) is 0 Å². The number of hydrogen-bond acceptors (Lipinski definition) is 3. The van der Waals surface area contributed by atoms with E-state index in [0.717, 1.165) is 50.1 Å². The standard InChI is InChI=1S/C17H27N3O.2ClH/c1-4-13-19(2)15-7-5-14(6-8-15)17(21)20(3)16-9-11-18-12-10-16;;/h5-8,16,18H,4,9-13H2,1-3H3;2*1H. The first-order valence-electron chi connectivity index (χ1n) is 7.92. The molecule has 23 heavy (non-hydrogen) atoms. The van der Waals surface area contributed by atoms with Crippen LogP contribution < -0.4 is 10.2 Å². The van der Waals surface area contributed by atoms with E-state index in [1.54, 1.807) is 0 Å². The Balaban J connectivity index is 0.00000242. The minimum absolute atomic E-state index is 0. The summed E-state index contributed by atoms with van der Waals surface area (Å²) in [5.41, 5.74) is 1.95. The maximum atomic E-state index is 12.5. The molecule has 0 atom stereocenters. The second-order valence-corrected chi connectivity index (χ2v) is 5.87. The van der Waals surface area contributed by atoms with Gasteiger partial charge in [-0.25, -0.2) is 0 Å². The fourth-order valence-corrected chi connectivity index (χ4v) is 2.89. The summed E-state index contributed by atoms with van der Waals surface area (Å²) in [5.74, 6) is 0.131. The molecule has 132 valence electrons. The fraction of sp³-hybridized carbons (Fsp3) is 0.588. The highest BCUT2D eigenvalue weighted by atomic mass is 35.5. The van der Waals surface area contributed by atoms with Gasteiger partial charge in [-0.15, -0.1) is 24.8 Å². The molecule has 2 rings (SSSR count). The van der Waals surface area contributed by atoms with Gasteiger partial charge in [0.15, 0.2) is 0 Å². The lowest BCUT2D eigenvalue weighted by Crippen LogP contribution is -2.43. The third-order valence-electron chi connectivity index (χ3n) is 4.29. The summed E-state index contributed by atoms with van der Waals surface area (Å²) < 4.78 is 0. The van der Waals surface area contributed by atoms with Crippen LogP contribution in [0.5, 0.6) is 0 Å². The Morgan fingerprint density at radius 3 is 2.22 bits per heavy atom. The van der Waals surface area contributed by atoms with Crippen LogP contribution in [0.25, 0.3) is 0 Å². The van der Waals surface area contributed by atoms with Gasteiger partial charge in [-0.05, 0) is 56.6 Å². The first-order valence-corrected chi connectivity index (χ1v) is 7.92. The SMILES string of the molecule is CCCN(C)c1ccc(C(=O)N(C)C2CCNCC2)cc1.Cl.Cl. The van der Waals surface area contributed by atoms with Gasteiger partial charge in [0.1, 0.15) is 0 Å². The third kappa shape index (κ3) is 5.87. The lowest BCUT2D eigenvalue weighted by Gasteiger charge is -2.31. The number of rotatable bonds is 5. The number of nitrogens with zero attached hydrogens (tertiary/aromatic N) is 2. The molecule has 1 heterocycles. The molecule has 0 spiro atoms. The lowest BCUT2D eigenvalue weighted by molar-refractivity contribution is 0.0703. The highest BCUT2D eigenvalue weighted by Crippen LogP contribution is 2.17. The second kappa shape index (κ2) is 10.7. The van der Waals surface area contributed by atoms with Crippen LogP contribution in [0.2, 0.25) is 0 Å². The number of benzene rings is 1. The summed E-state index contributed by atoms with van der Waals surface area (Å²) in [6.45, 7) is 5.21. The molecule has 1 aliphatic heterocycles. The molecular formula is C17H29Cl2N3O. The zero-order chi connectivity index (χ0) is 15.2. The van der Waals surface area contributed by atoms with Crippen molar-refractivity contribution in [2.45, 2.75) is 32.2 Å². The van der Waals surface area contributed by atoms with Crippen molar-refractivity contribution in [3.05, 3.63) is 29.8 Å². The van der Waals surface area contributed by atoms with Crippen molar-refractivity contribution in [2.24, 2.45) is 0 Å². The molecule has 1 fully saturated rings. The number of hydrogen-bond donors (Lipinski definition) is 1. The normalized spacial score (nSPS) is 14.4. The maximum absolute atomic E-state index is 12.5. The Morgan fingerprint density at radius 1 is 1.13 bits per heavy atom. The molecule has 0 radical (unpaired) electrons. The predicted octanol–water partition coefficient (Wildman–Crippen LogP) is 3.20. The lowest BCUT2D eigenvalue weighted by atomic mass is 10.0. The van der Waals surface area contributed by atoms with E-state index >= 15 is 0 Å². The van der Waals surface area contributed by atoms with Crippen molar-refractivity contribution in [1.82, 2.24) is 10.2 Å². The molecule has 0 saturated carbocycles. The number of nitrogens with one attached hydrogen (secondary N) is 1. The van der Waals surface area contributed by atoms with Crippen molar-refractivity contribution >= 4 is 36.4 Å². The zero-order valence-electron chi connectivity index (χ0n) is 14.2. The Morgan fingerprint density at radius 2 is 1.70 bits per heavy atom. The van der Waals surface area contributed by atoms with Gasteiger partial charge in [0, 0.05) is 37.9 Å². The summed E-state index contributed by atoms with van der Waals surface area (Å²) in [4.78, 5) is 16.7. The summed E-state index contributed by atoms with van der Waals surface area (Å²) >= 11 is 0. The largest absolute Gasteiger partial charge is 0.375 e. The molecule has 1 N–H and O–H groups in total. The second-order valence-electron chi connectivity index (χ2n) is 5.87. The summed E-state index contributed by atoms with van der Waals surface area (Å²) in [6.07, 6.45) is 3.20. The van der Waals surface area contributed by atoms with Crippen LogP contribution in [-0.2, 0) is 0 Å². The van der Waals surface area contributed by atoms with Gasteiger partial charge in [0.2, 0.25) is 0 Å². The number of carbonyl (C=O) groups is 1. The number of carbonyl (C=O) groups excluding carboxylic acids is 1. The van der Waals surface area contributed by atoms with Crippen LogP contribution in [-0.4, -0.2) is 50.6 Å². The summed E-state index contributed by atoms with van der Waals surface area (Å²) in [7, 11) is 4.01. The quantitative estimate of drug-likeness (QED) is 0.874. The van der Waals surface area contributed by atoms with Gasteiger partial charge < -0.3 is 15.1 Å². The van der Waals surface area contributed by atoms with Gasteiger partial charge in [-0.1, -0.05) is 6.92 Å². The highest BCUT2D eigenvalue weighted by molar-refractivity contribution is 5.94. The predicted molar refractivity (Wildman–Crippen MR) is 102 cm³/mol. The van der Waals surface area contributed by atoms with Gasteiger partial charge in [0.05, 0.1) is 0 Å². The van der Waals surface area contributed by atoms with Crippen molar-refractivity contribution < 1.29 is 4.79 Å². The van der Waals surface area contributed by atoms with Gasteiger partial charge in [-0.3, -0.25) is 4.79 Å². The average molecular weight is 362 g/mol. The molecule has 0 aliphatic carbocycles. The van der Waals surface area contributed by atoms with Crippen molar-refractivity contribution in [3.63, 3.8) is 0 Å². The minimum atomic E-state index is 0. The molecule has 1 aromatic carbocycles. The van der Waals surface area contributed by atoms with E-state index in [1.807, 2.05) is 36.2 Å². The Labute approximate surface area is 152 Å². The molecule has 1 aliphatic rings. The molecule has 0 aromatic heterocycles. The molecule has 1 saturated heterocycles. The van der Waals surface area contributed by atoms with Crippen LogP contribution in [0.15, 0.2) is 24.3 Å². The van der Waals surface area contributed by atoms with Crippen LogP contribution in [0, 0.1) is 0 Å². The monoisotopic (exact) mass is 361 g/mol. The summed E-state index contributed by atoms with van der Waals surface area (Å²) in [5, 5.41) is 3.34. The summed E-state index contributed by atoms with van der Waals surface area (Å²) in [6, 6.07) is 8.34. The van der Waals surface area contributed by atoms with E-state index < -0.39 is 0 Å². The van der Waals surface area contributed by atoms with Gasteiger partial charge >= 0.3 is 0 Å². The first-order chi connectivity index (χ1) is 10.1. The third-order valence-corrected chi connectivity index (χ3v) is 4.29. The Bertz CT molecular complexity index is 461. The molecule has 1 amide bonds. The fourth-order valence-electron chi connectivity index (χ4n) is 2.89. The molecule has 0 unspecified atom stereocenters. The average Bonchev–Trinajstić information content (AvgIpc) is 2.54. The number of amides is 1. The minimum Gasteiger partial charge on any atom is -0.375 e. The number of halogens is 2. The van der Waals surface area contributed by atoms with E-state index in [2.05, 4.69) is 24.2 Å². The highest BCUT2D eigenvalue weighted by Gasteiger charge is 2.22. The van der Waals surface area contributed by atoms with Crippen molar-refractivity contribution in [2.75, 3.05) is 38.6 Å². The van der Waals surface area contributed by atoms with Crippen LogP contribution in [0.3, 0.4) is 0 Å². The molecule has 6 heteroatoms. The topological polar surface area (TPSA) is 35.6 Å². The molecule has 4 nitrogen and oxygen atoms in total. The van der Waals surface area contributed by atoms with Crippen molar-refractivity contribution in [1.29, 1.82) is 0 Å².